The summed E-state index contributed by atoms with van der Waals surface area (Å²) in [6.07, 6.45) is 0.857. The van der Waals surface area contributed by atoms with Crippen LogP contribution >= 0.6 is 22.9 Å². The van der Waals surface area contributed by atoms with Crippen LogP contribution in [0.1, 0.15) is 6.42 Å². The minimum atomic E-state index is -0.259. The van der Waals surface area contributed by atoms with Gasteiger partial charge < -0.3 is 10.1 Å². The van der Waals surface area contributed by atoms with Gasteiger partial charge in [0.1, 0.15) is 16.5 Å². The Bertz CT molecular complexity index is 807. The van der Waals surface area contributed by atoms with Crippen LogP contribution in [-0.2, 0) is 4.74 Å². The molecule has 1 N–H and O–H groups in total. The molecule has 23 heavy (non-hydrogen) atoms. The second kappa shape index (κ2) is 7.21. The first-order valence-electron chi connectivity index (χ1n) is 7.12. The maximum absolute atomic E-state index is 13.1. The SMILES string of the molecule is COCCCNc1nc(Cl)nc2scc(-c3ccc(F)cc3)c12. The number of thiophene rings is 1. The number of hydrogen-bond donors (Lipinski definition) is 1. The van der Waals surface area contributed by atoms with Gasteiger partial charge in [-0.05, 0) is 35.7 Å². The molecule has 0 fully saturated rings. The lowest BCUT2D eigenvalue weighted by Gasteiger charge is -2.09. The number of nitrogens with one attached hydrogen (secondary N) is 1. The lowest BCUT2D eigenvalue weighted by Crippen LogP contribution is -2.07. The van der Waals surface area contributed by atoms with E-state index in [-0.39, 0.29) is 11.1 Å². The second-order valence-electron chi connectivity index (χ2n) is 4.95. The van der Waals surface area contributed by atoms with Gasteiger partial charge in [-0.3, -0.25) is 0 Å². The number of methoxy groups -OCH3 is 1. The molecule has 0 saturated carbocycles. The zero-order chi connectivity index (χ0) is 16.2. The van der Waals surface area contributed by atoms with E-state index in [1.807, 2.05) is 5.38 Å². The van der Waals surface area contributed by atoms with Crippen LogP contribution in [0.4, 0.5) is 10.2 Å². The van der Waals surface area contributed by atoms with Gasteiger partial charge in [0.2, 0.25) is 5.28 Å². The molecule has 7 heteroatoms. The number of fused-ring (bicyclic) bond motifs is 1. The van der Waals surface area contributed by atoms with Crippen molar-refractivity contribution in [2.24, 2.45) is 0 Å². The van der Waals surface area contributed by atoms with Crippen molar-refractivity contribution in [2.45, 2.75) is 6.42 Å². The number of halogens is 2. The molecule has 0 saturated heterocycles. The molecule has 1 aromatic carbocycles. The molecule has 0 aliphatic heterocycles. The highest BCUT2D eigenvalue weighted by atomic mass is 35.5. The Morgan fingerprint density at radius 2 is 2.04 bits per heavy atom. The molecule has 0 spiro atoms. The fraction of sp³-hybridized carbons (Fsp3) is 0.250. The Labute approximate surface area is 142 Å². The second-order valence-corrected chi connectivity index (χ2v) is 6.15. The summed E-state index contributed by atoms with van der Waals surface area (Å²) in [5, 5.41) is 6.39. The Balaban J connectivity index is 2.00. The number of hydrogen-bond acceptors (Lipinski definition) is 5. The molecule has 2 aromatic heterocycles. The molecule has 0 aliphatic carbocycles. The lowest BCUT2D eigenvalue weighted by atomic mass is 10.1. The fourth-order valence-corrected chi connectivity index (χ4v) is 3.48. The zero-order valence-corrected chi connectivity index (χ0v) is 14.0. The van der Waals surface area contributed by atoms with Crippen LogP contribution in [0.3, 0.4) is 0 Å². The Morgan fingerprint density at radius 1 is 1.26 bits per heavy atom. The molecule has 0 unspecified atom stereocenters. The number of ether oxygens (including phenoxy) is 1. The average molecular weight is 352 g/mol. The Morgan fingerprint density at radius 3 is 2.78 bits per heavy atom. The smallest absolute Gasteiger partial charge is 0.225 e. The summed E-state index contributed by atoms with van der Waals surface area (Å²) in [5.74, 6) is 0.433. The Kier molecular flexibility index (Phi) is 5.05. The number of anilines is 1. The highest BCUT2D eigenvalue weighted by Gasteiger charge is 2.14. The number of benzene rings is 1. The summed E-state index contributed by atoms with van der Waals surface area (Å²) in [4.78, 5) is 9.39. The van der Waals surface area contributed by atoms with E-state index in [0.717, 1.165) is 34.3 Å². The zero-order valence-electron chi connectivity index (χ0n) is 12.5. The van der Waals surface area contributed by atoms with Gasteiger partial charge in [-0.2, -0.15) is 0 Å². The molecule has 120 valence electrons. The standard InChI is InChI=1S/C16H15ClFN3OS/c1-22-8-2-7-19-14-13-12(10-3-5-11(18)6-4-10)9-23-15(13)21-16(17)20-14/h3-6,9H,2,7-8H2,1H3,(H,19,20,21). The van der Waals surface area contributed by atoms with E-state index in [4.69, 9.17) is 16.3 Å². The van der Waals surface area contributed by atoms with Crippen molar-refractivity contribution in [1.29, 1.82) is 0 Å². The third-order valence-corrected chi connectivity index (χ3v) is 4.42. The van der Waals surface area contributed by atoms with Crippen molar-refractivity contribution in [3.05, 3.63) is 40.7 Å². The first-order valence-corrected chi connectivity index (χ1v) is 8.38. The number of rotatable bonds is 6. The molecule has 0 amide bonds. The van der Waals surface area contributed by atoms with Crippen molar-refractivity contribution in [2.75, 3.05) is 25.6 Å². The van der Waals surface area contributed by atoms with E-state index >= 15 is 0 Å². The highest BCUT2D eigenvalue weighted by molar-refractivity contribution is 7.17. The molecule has 0 bridgehead atoms. The van der Waals surface area contributed by atoms with Crippen LogP contribution in [0, 0.1) is 5.82 Å². The summed E-state index contributed by atoms with van der Waals surface area (Å²) in [7, 11) is 1.67. The molecule has 4 nitrogen and oxygen atoms in total. The van der Waals surface area contributed by atoms with E-state index in [9.17, 15) is 4.39 Å². The third kappa shape index (κ3) is 3.60. The topological polar surface area (TPSA) is 47.0 Å². The number of nitrogens with zero attached hydrogens (tertiary/aromatic N) is 2. The van der Waals surface area contributed by atoms with Gasteiger partial charge in [0.25, 0.3) is 0 Å². The summed E-state index contributed by atoms with van der Waals surface area (Å²) >= 11 is 7.50. The molecule has 0 aliphatic rings. The van der Waals surface area contributed by atoms with Gasteiger partial charge in [-0.1, -0.05) is 12.1 Å². The molecular weight excluding hydrogens is 337 g/mol. The van der Waals surface area contributed by atoms with Crippen LogP contribution in [0.5, 0.6) is 0 Å². The third-order valence-electron chi connectivity index (χ3n) is 3.38. The first-order chi connectivity index (χ1) is 11.2. The van der Waals surface area contributed by atoms with E-state index in [1.54, 1.807) is 19.2 Å². The van der Waals surface area contributed by atoms with E-state index in [0.29, 0.717) is 12.4 Å². The maximum atomic E-state index is 13.1. The van der Waals surface area contributed by atoms with Crippen molar-refractivity contribution < 1.29 is 9.13 Å². The first kappa shape index (κ1) is 16.1. The van der Waals surface area contributed by atoms with Crippen LogP contribution in [0.2, 0.25) is 5.28 Å². The van der Waals surface area contributed by atoms with Crippen LogP contribution < -0.4 is 5.32 Å². The molecule has 0 atom stereocenters. The summed E-state index contributed by atoms with van der Waals surface area (Å²) in [5.41, 5.74) is 1.89. The number of aromatic nitrogens is 2. The summed E-state index contributed by atoms with van der Waals surface area (Å²) in [6.45, 7) is 1.39. The van der Waals surface area contributed by atoms with Gasteiger partial charge in [0.05, 0.1) is 5.39 Å². The van der Waals surface area contributed by atoms with E-state index in [1.165, 1.54) is 23.5 Å². The van der Waals surface area contributed by atoms with E-state index in [2.05, 4.69) is 15.3 Å². The van der Waals surface area contributed by atoms with Gasteiger partial charge in [0, 0.05) is 31.2 Å². The predicted molar refractivity (Wildman–Crippen MR) is 92.8 cm³/mol. The quantitative estimate of drug-likeness (QED) is 0.521. The van der Waals surface area contributed by atoms with Crippen LogP contribution in [0.15, 0.2) is 29.6 Å². The van der Waals surface area contributed by atoms with Crippen molar-refractivity contribution in [1.82, 2.24) is 9.97 Å². The molecule has 3 rings (SSSR count). The highest BCUT2D eigenvalue weighted by Crippen LogP contribution is 2.37. The van der Waals surface area contributed by atoms with Gasteiger partial charge in [-0.15, -0.1) is 11.3 Å². The van der Waals surface area contributed by atoms with Crippen LogP contribution in [-0.4, -0.2) is 30.2 Å². The largest absolute Gasteiger partial charge is 0.385 e. The van der Waals surface area contributed by atoms with Gasteiger partial charge in [0.15, 0.2) is 0 Å². The summed E-state index contributed by atoms with van der Waals surface area (Å²) in [6, 6.07) is 6.39. The maximum Gasteiger partial charge on any atom is 0.225 e. The average Bonchev–Trinajstić information content (AvgIpc) is 2.96. The van der Waals surface area contributed by atoms with Crippen molar-refractivity contribution in [3.63, 3.8) is 0 Å². The summed E-state index contributed by atoms with van der Waals surface area (Å²) < 4.78 is 18.2. The van der Waals surface area contributed by atoms with Gasteiger partial charge >= 0.3 is 0 Å². The minimum absolute atomic E-state index is 0.208. The normalized spacial score (nSPS) is 11.1. The fourth-order valence-electron chi connectivity index (χ4n) is 2.31. The molecule has 2 heterocycles. The van der Waals surface area contributed by atoms with Gasteiger partial charge in [-0.25, -0.2) is 14.4 Å². The molecule has 0 radical (unpaired) electrons. The Hall–Kier alpha value is -1.76. The minimum Gasteiger partial charge on any atom is -0.385 e. The predicted octanol–water partition coefficient (Wildman–Crippen LogP) is 4.60. The molecule has 3 aromatic rings. The van der Waals surface area contributed by atoms with E-state index < -0.39 is 0 Å². The van der Waals surface area contributed by atoms with Crippen molar-refractivity contribution in [3.8, 4) is 11.1 Å². The lowest BCUT2D eigenvalue weighted by molar-refractivity contribution is 0.198. The molecular formula is C16H15ClFN3OS. The monoisotopic (exact) mass is 351 g/mol. The van der Waals surface area contributed by atoms with Crippen molar-refractivity contribution >= 4 is 39.0 Å². The van der Waals surface area contributed by atoms with Crippen LogP contribution in [0.25, 0.3) is 21.3 Å².